The summed E-state index contributed by atoms with van der Waals surface area (Å²) in [7, 11) is 1.89. The molecule has 0 fully saturated rings. The third-order valence-corrected chi connectivity index (χ3v) is 5.41. The Labute approximate surface area is 160 Å². The van der Waals surface area contributed by atoms with Gasteiger partial charge in [0.05, 0.1) is 21.9 Å². The van der Waals surface area contributed by atoms with Crippen molar-refractivity contribution in [2.24, 2.45) is 0 Å². The molecule has 3 N–H and O–H groups in total. The van der Waals surface area contributed by atoms with Crippen molar-refractivity contribution in [2.45, 2.75) is 38.9 Å². The number of ether oxygens (including phenoxy) is 1. The lowest BCUT2D eigenvalue weighted by Gasteiger charge is -2.37. The van der Waals surface area contributed by atoms with Crippen LogP contribution in [0.5, 0.6) is 0 Å². The SMILES string of the molecule is CC(C)(O)C(C)(C)OC[B]c1cccc(-c2cccc(N)c2Cl)c1Cl. The van der Waals surface area contributed by atoms with E-state index in [-0.39, 0.29) is 0 Å². The Morgan fingerprint density at radius 3 is 2.16 bits per heavy atom. The van der Waals surface area contributed by atoms with Gasteiger partial charge >= 0.3 is 0 Å². The van der Waals surface area contributed by atoms with Crippen molar-refractivity contribution < 1.29 is 9.84 Å². The maximum atomic E-state index is 10.2. The van der Waals surface area contributed by atoms with Gasteiger partial charge in [-0.3, -0.25) is 0 Å². The molecule has 0 saturated heterocycles. The molecular formula is C19H23BCl2NO2. The van der Waals surface area contributed by atoms with Crippen LogP contribution in [0.25, 0.3) is 11.1 Å². The second kappa shape index (κ2) is 7.59. The zero-order valence-electron chi connectivity index (χ0n) is 14.9. The quantitative estimate of drug-likeness (QED) is 0.587. The fourth-order valence-corrected chi connectivity index (χ4v) is 2.72. The van der Waals surface area contributed by atoms with Crippen LogP contribution in [0.4, 0.5) is 5.69 Å². The Morgan fingerprint density at radius 2 is 1.56 bits per heavy atom. The van der Waals surface area contributed by atoms with Gasteiger partial charge in [0.25, 0.3) is 0 Å². The lowest BCUT2D eigenvalue weighted by Crippen LogP contribution is -2.48. The minimum Gasteiger partial charge on any atom is -0.398 e. The maximum absolute atomic E-state index is 10.2. The van der Waals surface area contributed by atoms with Gasteiger partial charge in [-0.1, -0.05) is 59.0 Å². The molecule has 0 spiro atoms. The van der Waals surface area contributed by atoms with Gasteiger partial charge in [-0.25, -0.2) is 0 Å². The number of rotatable bonds is 6. The zero-order valence-corrected chi connectivity index (χ0v) is 16.4. The summed E-state index contributed by atoms with van der Waals surface area (Å²) in [5.41, 5.74) is 7.20. The molecule has 2 rings (SSSR count). The number of hydrogen-bond acceptors (Lipinski definition) is 3. The first-order valence-corrected chi connectivity index (χ1v) is 8.82. The van der Waals surface area contributed by atoms with Crippen LogP contribution in [0.3, 0.4) is 0 Å². The van der Waals surface area contributed by atoms with E-state index in [4.69, 9.17) is 33.7 Å². The molecule has 6 heteroatoms. The van der Waals surface area contributed by atoms with E-state index in [0.29, 0.717) is 22.2 Å². The average Bonchev–Trinajstić information content (AvgIpc) is 2.51. The van der Waals surface area contributed by atoms with Crippen LogP contribution in [0.1, 0.15) is 27.7 Å². The number of nitrogen functional groups attached to an aromatic ring is 1. The van der Waals surface area contributed by atoms with Crippen LogP contribution in [-0.2, 0) is 4.74 Å². The molecule has 0 amide bonds. The second-order valence-electron chi connectivity index (χ2n) is 7.00. The molecule has 0 atom stereocenters. The Morgan fingerprint density at radius 1 is 1.00 bits per heavy atom. The maximum Gasteiger partial charge on any atom is 0.187 e. The van der Waals surface area contributed by atoms with E-state index in [1.807, 2.05) is 51.5 Å². The molecule has 0 saturated carbocycles. The predicted molar refractivity (Wildman–Crippen MR) is 108 cm³/mol. The third kappa shape index (κ3) is 4.51. The summed E-state index contributed by atoms with van der Waals surface area (Å²) < 4.78 is 5.83. The lowest BCUT2D eigenvalue weighted by atomic mass is 9.70. The van der Waals surface area contributed by atoms with Crippen molar-refractivity contribution in [1.29, 1.82) is 0 Å². The fourth-order valence-electron chi connectivity index (χ4n) is 2.19. The molecule has 2 aromatic rings. The molecule has 1 radical (unpaired) electrons. The Kier molecular flexibility index (Phi) is 6.11. The number of benzene rings is 2. The highest BCUT2D eigenvalue weighted by atomic mass is 35.5. The standard InChI is InChI=1S/C19H23BCl2NO2/c1-18(2,24)19(3,4)25-11-20-14-9-5-7-12(16(14)21)13-8-6-10-15(23)17(13)22/h5-10,24H,11,23H2,1-4H3. The Bertz CT molecular complexity index is 758. The van der Waals surface area contributed by atoms with Gasteiger partial charge in [-0.2, -0.15) is 0 Å². The summed E-state index contributed by atoms with van der Waals surface area (Å²) >= 11 is 12.9. The normalized spacial score (nSPS) is 12.3. The monoisotopic (exact) mass is 378 g/mol. The predicted octanol–water partition coefficient (Wildman–Crippen LogP) is 4.10. The van der Waals surface area contributed by atoms with Crippen LogP contribution in [-0.4, -0.2) is 30.1 Å². The molecule has 25 heavy (non-hydrogen) atoms. The molecule has 0 bridgehead atoms. The fraction of sp³-hybridized carbons (Fsp3) is 0.368. The summed E-state index contributed by atoms with van der Waals surface area (Å²) in [6.07, 6.45) is 0. The van der Waals surface area contributed by atoms with E-state index in [1.165, 1.54) is 0 Å². The highest BCUT2D eigenvalue weighted by Gasteiger charge is 2.35. The van der Waals surface area contributed by atoms with Crippen LogP contribution in [0.15, 0.2) is 36.4 Å². The van der Waals surface area contributed by atoms with Crippen molar-refractivity contribution in [1.82, 2.24) is 0 Å². The van der Waals surface area contributed by atoms with E-state index in [2.05, 4.69) is 0 Å². The largest absolute Gasteiger partial charge is 0.398 e. The summed E-state index contributed by atoms with van der Waals surface area (Å²) in [4.78, 5) is 0. The summed E-state index contributed by atoms with van der Waals surface area (Å²) in [5.74, 6) is 0. The van der Waals surface area contributed by atoms with Gasteiger partial charge in [-0.05, 0) is 33.8 Å². The molecule has 3 nitrogen and oxygen atoms in total. The van der Waals surface area contributed by atoms with Crippen LogP contribution in [0.2, 0.25) is 10.0 Å². The number of hydrogen-bond donors (Lipinski definition) is 2. The number of aliphatic hydroxyl groups is 1. The van der Waals surface area contributed by atoms with Crippen LogP contribution in [0, 0.1) is 0 Å². The van der Waals surface area contributed by atoms with Gasteiger partial charge in [0.15, 0.2) is 7.28 Å². The Hall–Kier alpha value is -1.20. The van der Waals surface area contributed by atoms with E-state index >= 15 is 0 Å². The molecule has 2 aromatic carbocycles. The summed E-state index contributed by atoms with van der Waals surface area (Å²) in [5, 5.41) is 11.2. The van der Waals surface area contributed by atoms with Gasteiger partial charge in [0, 0.05) is 22.7 Å². The Balaban J connectivity index is 2.21. The van der Waals surface area contributed by atoms with E-state index < -0.39 is 11.2 Å². The smallest absolute Gasteiger partial charge is 0.187 e. The van der Waals surface area contributed by atoms with E-state index in [9.17, 15) is 5.11 Å². The van der Waals surface area contributed by atoms with Crippen LogP contribution < -0.4 is 11.2 Å². The van der Waals surface area contributed by atoms with Gasteiger partial charge in [-0.15, -0.1) is 0 Å². The second-order valence-corrected chi connectivity index (χ2v) is 7.76. The van der Waals surface area contributed by atoms with Crippen molar-refractivity contribution in [3.8, 4) is 11.1 Å². The summed E-state index contributed by atoms with van der Waals surface area (Å²) in [6, 6.07) is 11.2. The number of halogens is 2. The first-order chi connectivity index (χ1) is 11.5. The molecule has 0 aliphatic heterocycles. The molecular weight excluding hydrogens is 356 g/mol. The molecule has 0 aliphatic rings. The van der Waals surface area contributed by atoms with Crippen LogP contribution >= 0.6 is 23.2 Å². The zero-order chi connectivity index (χ0) is 18.8. The average molecular weight is 379 g/mol. The first kappa shape index (κ1) is 20.1. The topological polar surface area (TPSA) is 55.5 Å². The highest BCUT2D eigenvalue weighted by Crippen LogP contribution is 2.35. The van der Waals surface area contributed by atoms with Crippen molar-refractivity contribution >= 4 is 41.6 Å². The van der Waals surface area contributed by atoms with Gasteiger partial charge in [0.1, 0.15) is 0 Å². The highest BCUT2D eigenvalue weighted by molar-refractivity contribution is 6.59. The van der Waals surface area contributed by atoms with Crippen molar-refractivity contribution in [3.63, 3.8) is 0 Å². The minimum absolute atomic E-state index is 0.324. The third-order valence-electron chi connectivity index (χ3n) is 4.57. The lowest BCUT2D eigenvalue weighted by molar-refractivity contribution is -0.135. The molecule has 133 valence electrons. The minimum atomic E-state index is -0.957. The molecule has 0 aromatic heterocycles. The molecule has 0 aliphatic carbocycles. The van der Waals surface area contributed by atoms with E-state index in [1.54, 1.807) is 19.9 Å². The first-order valence-electron chi connectivity index (χ1n) is 8.07. The number of anilines is 1. The molecule has 0 unspecified atom stereocenters. The van der Waals surface area contributed by atoms with Gasteiger partial charge < -0.3 is 15.6 Å². The van der Waals surface area contributed by atoms with Crippen molar-refractivity contribution in [3.05, 3.63) is 46.4 Å². The van der Waals surface area contributed by atoms with E-state index in [0.717, 1.165) is 16.6 Å². The van der Waals surface area contributed by atoms with Crippen molar-refractivity contribution in [2.75, 3.05) is 12.2 Å². The molecule has 0 heterocycles. The number of nitrogens with two attached hydrogens (primary N) is 1. The summed E-state index contributed by atoms with van der Waals surface area (Å²) in [6.45, 7) is 7.48. The van der Waals surface area contributed by atoms with Gasteiger partial charge in [0.2, 0.25) is 0 Å².